The molecular formula is C21H26F6N2O3S. The van der Waals surface area contributed by atoms with E-state index in [4.69, 9.17) is 4.74 Å². The number of halogens is 6. The summed E-state index contributed by atoms with van der Waals surface area (Å²) in [6.07, 6.45) is -7.80. The van der Waals surface area contributed by atoms with Gasteiger partial charge in [-0.05, 0) is 70.1 Å². The maximum Gasteiger partial charge on any atom is 0.416 e. The van der Waals surface area contributed by atoms with Gasteiger partial charge in [-0.15, -0.1) is 11.8 Å². The molecule has 2 N–H and O–H groups in total. The summed E-state index contributed by atoms with van der Waals surface area (Å²) in [5.41, 5.74) is -3.90. The minimum atomic E-state index is -4.97. The van der Waals surface area contributed by atoms with Crippen molar-refractivity contribution in [3.05, 3.63) is 34.9 Å². The quantitative estimate of drug-likeness (QED) is 0.523. The number of thioether (sulfide) groups is 1. The molecule has 0 heterocycles. The molecule has 186 valence electrons. The average Bonchev–Trinajstić information content (AvgIpc) is 3.07. The Bertz CT molecular complexity index is 850. The van der Waals surface area contributed by atoms with E-state index in [9.17, 15) is 35.9 Å². The van der Waals surface area contributed by atoms with Crippen LogP contribution in [0.4, 0.5) is 31.1 Å². The largest absolute Gasteiger partial charge is 0.444 e. The molecule has 5 nitrogen and oxygen atoms in total. The number of alkyl halides is 6. The van der Waals surface area contributed by atoms with Crippen molar-refractivity contribution in [3.8, 4) is 0 Å². The highest BCUT2D eigenvalue weighted by molar-refractivity contribution is 8.00. The Morgan fingerprint density at radius 1 is 1.06 bits per heavy atom. The third-order valence-electron chi connectivity index (χ3n) is 5.10. The van der Waals surface area contributed by atoms with Crippen LogP contribution in [0.3, 0.4) is 0 Å². The molecule has 0 spiro atoms. The van der Waals surface area contributed by atoms with Crippen LogP contribution in [-0.4, -0.2) is 34.6 Å². The highest BCUT2D eigenvalue weighted by Crippen LogP contribution is 2.41. The first-order valence-corrected chi connectivity index (χ1v) is 11.3. The lowest BCUT2D eigenvalue weighted by Crippen LogP contribution is -2.44. The Balaban J connectivity index is 2.11. The van der Waals surface area contributed by atoms with Crippen LogP contribution in [0.2, 0.25) is 0 Å². The Labute approximate surface area is 192 Å². The summed E-state index contributed by atoms with van der Waals surface area (Å²) in [6, 6.07) is 0.855. The molecule has 1 fully saturated rings. The molecule has 1 aliphatic carbocycles. The molecule has 1 aromatic rings. The van der Waals surface area contributed by atoms with Gasteiger partial charge in [0.2, 0.25) is 5.91 Å². The zero-order valence-corrected chi connectivity index (χ0v) is 19.4. The number of carbonyl (C=O) groups excluding carboxylic acids is 2. The van der Waals surface area contributed by atoms with Crippen molar-refractivity contribution < 1.29 is 40.7 Å². The van der Waals surface area contributed by atoms with Gasteiger partial charge in [-0.1, -0.05) is 0 Å². The summed E-state index contributed by atoms with van der Waals surface area (Å²) < 4.78 is 82.5. The highest BCUT2D eigenvalue weighted by Gasteiger charge is 2.45. The number of hydrogen-bond donors (Lipinski definition) is 2. The number of rotatable bonds is 5. The first-order valence-electron chi connectivity index (χ1n) is 10.1. The molecule has 0 saturated heterocycles. The van der Waals surface area contributed by atoms with Gasteiger partial charge >= 0.3 is 18.4 Å². The second-order valence-electron chi connectivity index (χ2n) is 8.88. The van der Waals surface area contributed by atoms with E-state index in [0.29, 0.717) is 25.0 Å². The number of nitrogens with one attached hydrogen (secondary N) is 2. The van der Waals surface area contributed by atoms with Crippen molar-refractivity contribution in [2.75, 3.05) is 6.26 Å². The normalized spacial score (nSPS) is 21.6. The fourth-order valence-electron chi connectivity index (χ4n) is 3.56. The number of benzene rings is 1. The van der Waals surface area contributed by atoms with E-state index in [1.165, 1.54) is 11.8 Å². The first-order chi connectivity index (χ1) is 14.9. The fourth-order valence-corrected chi connectivity index (χ4v) is 4.50. The molecule has 1 aliphatic rings. The van der Waals surface area contributed by atoms with Crippen LogP contribution < -0.4 is 10.6 Å². The number of amides is 2. The van der Waals surface area contributed by atoms with E-state index in [1.54, 1.807) is 27.0 Å². The van der Waals surface area contributed by atoms with Crippen molar-refractivity contribution in [3.63, 3.8) is 0 Å². The molecule has 0 aromatic heterocycles. The van der Waals surface area contributed by atoms with Gasteiger partial charge in [0.15, 0.2) is 0 Å². The van der Waals surface area contributed by atoms with Crippen LogP contribution in [-0.2, 0) is 28.4 Å². The molecule has 0 bridgehead atoms. The smallest absolute Gasteiger partial charge is 0.416 e. The van der Waals surface area contributed by atoms with Crippen LogP contribution in [0.5, 0.6) is 0 Å². The molecule has 2 rings (SSSR count). The van der Waals surface area contributed by atoms with Crippen LogP contribution in [0.15, 0.2) is 18.2 Å². The van der Waals surface area contributed by atoms with E-state index in [-0.39, 0.29) is 24.1 Å². The summed E-state index contributed by atoms with van der Waals surface area (Å²) in [6.45, 7) is 4.62. The maximum absolute atomic E-state index is 13.0. The lowest BCUT2D eigenvalue weighted by molar-refractivity contribution is -0.143. The lowest BCUT2D eigenvalue weighted by atomic mass is 10.0. The van der Waals surface area contributed by atoms with Gasteiger partial charge in [-0.3, -0.25) is 4.79 Å². The minimum absolute atomic E-state index is 0.0403. The van der Waals surface area contributed by atoms with Gasteiger partial charge in [0.05, 0.1) is 15.9 Å². The Kier molecular flexibility index (Phi) is 7.92. The van der Waals surface area contributed by atoms with Crippen molar-refractivity contribution in [2.24, 2.45) is 0 Å². The molecule has 2 unspecified atom stereocenters. The Hall–Kier alpha value is -2.11. The van der Waals surface area contributed by atoms with Crippen LogP contribution >= 0.6 is 11.8 Å². The molecular weight excluding hydrogens is 474 g/mol. The van der Waals surface area contributed by atoms with E-state index >= 15 is 0 Å². The molecule has 1 saturated carbocycles. The third kappa shape index (κ3) is 7.44. The molecule has 1 aromatic carbocycles. The predicted octanol–water partition coefficient (Wildman–Crippen LogP) is 5.52. The van der Waals surface area contributed by atoms with Crippen molar-refractivity contribution in [1.29, 1.82) is 0 Å². The monoisotopic (exact) mass is 500 g/mol. The zero-order chi connectivity index (χ0) is 25.2. The summed E-state index contributed by atoms with van der Waals surface area (Å²) in [7, 11) is 0. The minimum Gasteiger partial charge on any atom is -0.444 e. The fraction of sp³-hybridized carbons (Fsp3) is 0.619. The zero-order valence-electron chi connectivity index (χ0n) is 18.5. The topological polar surface area (TPSA) is 67.4 Å². The number of alkyl carbamates (subject to hydrolysis) is 1. The number of ether oxygens (including phenoxy) is 1. The van der Waals surface area contributed by atoms with Gasteiger partial charge in [0.25, 0.3) is 0 Å². The molecule has 0 radical (unpaired) electrons. The second-order valence-corrected chi connectivity index (χ2v) is 10.1. The summed E-state index contributed by atoms with van der Waals surface area (Å²) >= 11 is 1.22. The molecule has 2 amide bonds. The van der Waals surface area contributed by atoms with Gasteiger partial charge in [-0.25, -0.2) is 4.79 Å². The highest BCUT2D eigenvalue weighted by atomic mass is 32.2. The standard InChI is InChI=1S/C21H26F6N2O3S/c1-18(2,3)32-17(31)29-15-5-6-19(10-15,33-4)16(30)28-11-12-7-13(20(22,23)24)9-14(8-12)21(25,26)27/h7-9,15H,5-6,10-11H2,1-4H3,(H,28,30)(H,29,31). The van der Waals surface area contributed by atoms with E-state index < -0.39 is 52.4 Å². The van der Waals surface area contributed by atoms with Gasteiger partial charge in [0.1, 0.15) is 5.60 Å². The lowest BCUT2D eigenvalue weighted by Gasteiger charge is -2.27. The average molecular weight is 501 g/mol. The molecule has 33 heavy (non-hydrogen) atoms. The van der Waals surface area contributed by atoms with Crippen LogP contribution in [0.25, 0.3) is 0 Å². The summed E-state index contributed by atoms with van der Waals surface area (Å²) in [4.78, 5) is 24.9. The van der Waals surface area contributed by atoms with E-state index in [0.717, 1.165) is 0 Å². The molecule has 12 heteroatoms. The van der Waals surface area contributed by atoms with Gasteiger partial charge < -0.3 is 15.4 Å². The summed E-state index contributed by atoms with van der Waals surface area (Å²) in [5, 5.41) is 5.16. The first kappa shape index (κ1) is 27.1. The van der Waals surface area contributed by atoms with Crippen molar-refractivity contribution in [1.82, 2.24) is 10.6 Å². The Morgan fingerprint density at radius 3 is 2.06 bits per heavy atom. The molecule has 2 atom stereocenters. The predicted molar refractivity (Wildman–Crippen MR) is 112 cm³/mol. The number of carbonyl (C=O) groups is 2. The van der Waals surface area contributed by atoms with Crippen LogP contribution in [0.1, 0.15) is 56.7 Å². The number of hydrogen-bond acceptors (Lipinski definition) is 4. The van der Waals surface area contributed by atoms with Crippen molar-refractivity contribution >= 4 is 23.8 Å². The summed E-state index contributed by atoms with van der Waals surface area (Å²) in [5.74, 6) is -0.519. The third-order valence-corrected chi connectivity index (χ3v) is 6.44. The van der Waals surface area contributed by atoms with E-state index in [2.05, 4.69) is 10.6 Å². The Morgan fingerprint density at radius 2 is 1.61 bits per heavy atom. The van der Waals surface area contributed by atoms with Gasteiger partial charge in [0, 0.05) is 12.6 Å². The van der Waals surface area contributed by atoms with E-state index in [1.807, 2.05) is 0 Å². The van der Waals surface area contributed by atoms with Crippen LogP contribution in [0, 0.1) is 0 Å². The van der Waals surface area contributed by atoms with Crippen molar-refractivity contribution in [2.45, 2.75) is 75.3 Å². The molecule has 0 aliphatic heterocycles. The van der Waals surface area contributed by atoms with Gasteiger partial charge in [-0.2, -0.15) is 26.3 Å². The second kappa shape index (κ2) is 9.63. The SMILES string of the molecule is CSC1(C(=O)NCc2cc(C(F)(F)F)cc(C(F)(F)F)c2)CCC(NC(=O)OC(C)(C)C)C1. The maximum atomic E-state index is 13.0.